The molecule has 1 aliphatic heterocycles. The Kier molecular flexibility index (Phi) is 24.9. The number of piperazine rings is 1. The summed E-state index contributed by atoms with van der Waals surface area (Å²) in [5.41, 5.74) is 0. The van der Waals surface area contributed by atoms with Crippen LogP contribution in [0.1, 0.15) is 123 Å². The highest BCUT2D eigenvalue weighted by Gasteiger charge is 2.28. The highest BCUT2D eigenvalue weighted by atomic mass is 16.6. The summed E-state index contributed by atoms with van der Waals surface area (Å²) in [5.74, 6) is -0.117. The van der Waals surface area contributed by atoms with Crippen LogP contribution in [0.25, 0.3) is 0 Å². The third-order valence-corrected chi connectivity index (χ3v) is 8.26. The predicted molar refractivity (Wildman–Crippen MR) is 169 cm³/mol. The molecule has 1 heterocycles. The third-order valence-electron chi connectivity index (χ3n) is 8.26. The number of ether oxygens (including phenoxy) is 3. The summed E-state index contributed by atoms with van der Waals surface area (Å²) < 4.78 is 17.7. The van der Waals surface area contributed by atoms with E-state index in [1.165, 1.54) is 120 Å². The number of hydrogen-bond donors (Lipinski definition) is 0. The van der Waals surface area contributed by atoms with Gasteiger partial charge in [0.05, 0.1) is 52.9 Å². The second kappa shape index (κ2) is 26.9. The Balaban J connectivity index is 1.76. The van der Waals surface area contributed by atoms with Gasteiger partial charge in [0.15, 0.2) is 0 Å². The molecular weight excluding hydrogens is 500 g/mol. The fourth-order valence-corrected chi connectivity index (χ4v) is 5.29. The number of carbonyl (C=O) groups is 1. The van der Waals surface area contributed by atoms with Gasteiger partial charge in [-0.25, -0.2) is 0 Å². The minimum absolute atomic E-state index is 0.117. The van der Waals surface area contributed by atoms with E-state index in [9.17, 15) is 4.79 Å². The average Bonchev–Trinajstić information content (AvgIpc) is 2.96. The molecule has 0 saturated carbocycles. The number of likely N-dealkylation sites (N-methyl/N-ethyl adjacent to an activating group) is 1. The van der Waals surface area contributed by atoms with Gasteiger partial charge in [-0.15, -0.1) is 0 Å². The van der Waals surface area contributed by atoms with Gasteiger partial charge in [0.2, 0.25) is 0 Å². The second-order valence-corrected chi connectivity index (χ2v) is 12.1. The highest BCUT2D eigenvalue weighted by molar-refractivity contribution is 5.69. The molecule has 0 spiro atoms. The Morgan fingerprint density at radius 1 is 0.675 bits per heavy atom. The summed E-state index contributed by atoms with van der Waals surface area (Å²) in [6.07, 6.45) is 26.4. The van der Waals surface area contributed by atoms with Crippen LogP contribution in [0.5, 0.6) is 0 Å². The molecule has 6 heteroatoms. The lowest BCUT2D eigenvalue weighted by Gasteiger charge is -2.42. The van der Waals surface area contributed by atoms with Crippen LogP contribution in [0.2, 0.25) is 0 Å². The minimum atomic E-state index is -0.117. The second-order valence-electron chi connectivity index (χ2n) is 12.1. The van der Waals surface area contributed by atoms with E-state index in [0.717, 1.165) is 32.7 Å². The summed E-state index contributed by atoms with van der Waals surface area (Å²) in [5, 5.41) is 0. The van der Waals surface area contributed by atoms with Crippen molar-refractivity contribution in [2.75, 3.05) is 79.4 Å². The van der Waals surface area contributed by atoms with Gasteiger partial charge in [-0.2, -0.15) is 0 Å². The van der Waals surface area contributed by atoms with Crippen LogP contribution in [0.4, 0.5) is 0 Å². The summed E-state index contributed by atoms with van der Waals surface area (Å²) in [6.45, 7) is 13.9. The van der Waals surface area contributed by atoms with Crippen molar-refractivity contribution in [2.24, 2.45) is 0 Å². The maximum Gasteiger partial charge on any atom is 0.307 e. The fraction of sp³-hybridized carbons (Fsp3) is 0.912. The highest BCUT2D eigenvalue weighted by Crippen LogP contribution is 2.13. The minimum Gasteiger partial charge on any atom is -0.463 e. The molecule has 1 rings (SSSR count). The molecule has 6 nitrogen and oxygen atoms in total. The van der Waals surface area contributed by atoms with Crippen molar-refractivity contribution >= 4 is 5.97 Å². The Hall–Kier alpha value is -0.950. The van der Waals surface area contributed by atoms with Gasteiger partial charge >= 0.3 is 5.97 Å². The van der Waals surface area contributed by atoms with Crippen molar-refractivity contribution in [2.45, 2.75) is 123 Å². The van der Waals surface area contributed by atoms with Crippen LogP contribution >= 0.6 is 0 Å². The molecule has 0 aromatic heterocycles. The number of esters is 1. The first-order valence-corrected chi connectivity index (χ1v) is 17.1. The first-order chi connectivity index (χ1) is 19.6. The Morgan fingerprint density at radius 3 is 1.82 bits per heavy atom. The zero-order chi connectivity index (χ0) is 29.0. The Morgan fingerprint density at radius 2 is 1.20 bits per heavy atom. The number of hydrogen-bond acceptors (Lipinski definition) is 5. The molecule has 1 fully saturated rings. The van der Waals surface area contributed by atoms with Crippen molar-refractivity contribution in [3.8, 4) is 0 Å². The molecule has 0 aromatic rings. The maximum atomic E-state index is 12.0. The molecule has 0 aliphatic carbocycles. The van der Waals surface area contributed by atoms with Gasteiger partial charge in [0, 0.05) is 26.2 Å². The largest absolute Gasteiger partial charge is 0.463 e. The van der Waals surface area contributed by atoms with E-state index < -0.39 is 0 Å². The van der Waals surface area contributed by atoms with Crippen LogP contribution in [0, 0.1) is 0 Å². The van der Waals surface area contributed by atoms with Gasteiger partial charge in [-0.3, -0.25) is 9.69 Å². The van der Waals surface area contributed by atoms with Crippen molar-refractivity contribution in [3.63, 3.8) is 0 Å². The Labute approximate surface area is 248 Å². The predicted octanol–water partition coefficient (Wildman–Crippen LogP) is 7.55. The van der Waals surface area contributed by atoms with Crippen molar-refractivity contribution in [3.05, 3.63) is 12.2 Å². The number of rotatable bonds is 28. The lowest BCUT2D eigenvalue weighted by Crippen LogP contribution is -2.57. The van der Waals surface area contributed by atoms with E-state index in [-0.39, 0.29) is 5.97 Å². The molecule has 0 N–H and O–H groups in total. The van der Waals surface area contributed by atoms with Crippen molar-refractivity contribution in [1.82, 2.24) is 4.90 Å². The molecule has 0 aromatic carbocycles. The van der Waals surface area contributed by atoms with E-state index in [0.29, 0.717) is 32.8 Å². The van der Waals surface area contributed by atoms with E-state index in [1.54, 1.807) is 0 Å². The summed E-state index contributed by atoms with van der Waals surface area (Å²) >= 11 is 0. The van der Waals surface area contributed by atoms with Crippen molar-refractivity contribution in [1.29, 1.82) is 0 Å². The Bertz CT molecular complexity index is 590. The molecule has 0 atom stereocenters. The lowest BCUT2D eigenvalue weighted by atomic mass is 10.1. The normalized spacial score (nSPS) is 15.7. The SMILES string of the molecule is CCCCCCCC/C=C\CCCCCCCCOCCOCCOC(=O)CCN1CC[N+](C)(CCCC)CC1. The first-order valence-electron chi connectivity index (χ1n) is 17.1. The number of carbonyl (C=O) groups excluding carboxylic acids is 1. The van der Waals surface area contributed by atoms with Crippen LogP contribution in [0.3, 0.4) is 0 Å². The van der Waals surface area contributed by atoms with Gasteiger partial charge < -0.3 is 18.7 Å². The van der Waals surface area contributed by atoms with E-state index >= 15 is 0 Å². The number of unbranched alkanes of at least 4 members (excludes halogenated alkanes) is 13. The lowest BCUT2D eigenvalue weighted by molar-refractivity contribution is -0.913. The molecule has 40 heavy (non-hydrogen) atoms. The van der Waals surface area contributed by atoms with Crippen LogP contribution < -0.4 is 0 Å². The molecule has 0 bridgehead atoms. The molecule has 1 saturated heterocycles. The molecule has 236 valence electrons. The summed E-state index contributed by atoms with van der Waals surface area (Å²) in [6, 6.07) is 0. The van der Waals surface area contributed by atoms with E-state index in [1.807, 2.05) is 0 Å². The van der Waals surface area contributed by atoms with Crippen LogP contribution in [0.15, 0.2) is 12.2 Å². The van der Waals surface area contributed by atoms with Crippen molar-refractivity contribution < 1.29 is 23.5 Å². The molecular formula is C34H67N2O4+. The number of nitrogens with zero attached hydrogens (tertiary/aromatic N) is 2. The van der Waals surface area contributed by atoms with Gasteiger partial charge in [-0.05, 0) is 38.5 Å². The smallest absolute Gasteiger partial charge is 0.307 e. The van der Waals surface area contributed by atoms with Crippen LogP contribution in [-0.2, 0) is 19.0 Å². The molecule has 0 amide bonds. The zero-order valence-corrected chi connectivity index (χ0v) is 27.0. The average molecular weight is 568 g/mol. The molecule has 0 unspecified atom stereocenters. The third kappa shape index (κ3) is 22.7. The monoisotopic (exact) mass is 568 g/mol. The first kappa shape index (κ1) is 37.1. The molecule has 0 radical (unpaired) electrons. The van der Waals surface area contributed by atoms with E-state index in [2.05, 4.69) is 37.9 Å². The topological polar surface area (TPSA) is 48.0 Å². The maximum absolute atomic E-state index is 12.0. The zero-order valence-electron chi connectivity index (χ0n) is 27.0. The number of quaternary nitrogens is 1. The van der Waals surface area contributed by atoms with Gasteiger partial charge in [-0.1, -0.05) is 90.2 Å². The van der Waals surface area contributed by atoms with Gasteiger partial charge in [0.1, 0.15) is 6.61 Å². The van der Waals surface area contributed by atoms with Crippen LogP contribution in [-0.4, -0.2) is 94.7 Å². The van der Waals surface area contributed by atoms with E-state index in [4.69, 9.17) is 14.2 Å². The summed E-state index contributed by atoms with van der Waals surface area (Å²) in [4.78, 5) is 14.4. The molecule has 1 aliphatic rings. The van der Waals surface area contributed by atoms with Gasteiger partial charge in [0.25, 0.3) is 0 Å². The summed E-state index contributed by atoms with van der Waals surface area (Å²) in [7, 11) is 2.37. The quantitative estimate of drug-likeness (QED) is 0.0423. The standard InChI is InChI=1S/C34H67N2O4/c1-4-6-8-9-10-11-12-13-14-15-16-17-18-19-20-21-29-38-30-31-39-32-33-40-34(37)22-23-35-24-27-36(3,28-25-35)26-7-5-2/h13-14H,4-12,15-33H2,1-3H3/q+1/b14-13-. The fourth-order valence-electron chi connectivity index (χ4n) is 5.29. The number of allylic oxidation sites excluding steroid dienone is 2.